The molecule has 0 bridgehead atoms. The molecule has 2 aromatic carbocycles. The number of nitrogens with zero attached hydrogens (tertiary/aromatic N) is 3. The number of rotatable bonds is 4. The molecule has 5 nitrogen and oxygen atoms in total. The van der Waals surface area contributed by atoms with Gasteiger partial charge in [0.05, 0.1) is 6.33 Å². The Morgan fingerprint density at radius 2 is 1.88 bits per heavy atom. The molecule has 3 heterocycles. The van der Waals surface area contributed by atoms with E-state index in [4.69, 9.17) is 10.5 Å². The van der Waals surface area contributed by atoms with Gasteiger partial charge in [0, 0.05) is 55.4 Å². The number of nitrogen functional groups attached to an aromatic ring is 1. The maximum Gasteiger partial charge on any atom is 0.127 e. The van der Waals surface area contributed by atoms with Crippen molar-refractivity contribution >= 4 is 11.3 Å². The van der Waals surface area contributed by atoms with Crippen LogP contribution in [0, 0.1) is 20.8 Å². The van der Waals surface area contributed by atoms with Gasteiger partial charge >= 0.3 is 0 Å². The van der Waals surface area contributed by atoms with Crippen LogP contribution in [0.15, 0.2) is 49.1 Å². The molecule has 0 saturated heterocycles. The van der Waals surface area contributed by atoms with Gasteiger partial charge in [-0.1, -0.05) is 18.2 Å². The van der Waals surface area contributed by atoms with Crippen molar-refractivity contribution in [3.63, 3.8) is 0 Å². The van der Waals surface area contributed by atoms with Crippen molar-refractivity contribution in [3.8, 4) is 11.4 Å². The van der Waals surface area contributed by atoms with E-state index in [-0.39, 0.29) is 5.60 Å². The molecule has 32 heavy (non-hydrogen) atoms. The number of nitrogens with two attached hydrogens (primary N) is 1. The second-order valence-electron chi connectivity index (χ2n) is 9.56. The summed E-state index contributed by atoms with van der Waals surface area (Å²) in [5.74, 6) is 1.06. The number of fused-ring (bicyclic) bond motifs is 1. The minimum Gasteiger partial charge on any atom is -0.485 e. The Hall–Kier alpha value is -3.05. The highest BCUT2D eigenvalue weighted by Gasteiger charge is 2.39. The predicted octanol–water partition coefficient (Wildman–Crippen LogP) is 4.86. The standard InChI is InChI=1S/C27H32N4O/c1-18-19(2)26-24(20(3)25(18)28)15-27(4,32-26)16-30-12-9-22(10-13-30)21-5-7-23(8-6-21)31-14-11-29-17-31/h5-9,11,14,17H,10,12-13,15-16,28H2,1-4H3. The number of hydrogen-bond acceptors (Lipinski definition) is 4. The van der Waals surface area contributed by atoms with Gasteiger partial charge in [0.15, 0.2) is 0 Å². The van der Waals surface area contributed by atoms with Crippen LogP contribution in [0.5, 0.6) is 5.75 Å². The average molecular weight is 429 g/mol. The third-order valence-corrected chi connectivity index (χ3v) is 7.23. The second-order valence-corrected chi connectivity index (χ2v) is 9.56. The Morgan fingerprint density at radius 1 is 1.09 bits per heavy atom. The van der Waals surface area contributed by atoms with Crippen LogP contribution in [0.1, 0.15) is 41.2 Å². The number of benzene rings is 2. The highest BCUT2D eigenvalue weighted by Crippen LogP contribution is 2.44. The summed E-state index contributed by atoms with van der Waals surface area (Å²) in [5, 5.41) is 0. The first-order valence-corrected chi connectivity index (χ1v) is 11.4. The van der Waals surface area contributed by atoms with Gasteiger partial charge in [-0.15, -0.1) is 0 Å². The van der Waals surface area contributed by atoms with Gasteiger partial charge < -0.3 is 15.0 Å². The van der Waals surface area contributed by atoms with Crippen molar-refractivity contribution in [3.05, 3.63) is 76.9 Å². The molecule has 3 aromatic rings. The van der Waals surface area contributed by atoms with E-state index in [9.17, 15) is 0 Å². The van der Waals surface area contributed by atoms with Crippen LogP contribution in [-0.2, 0) is 6.42 Å². The monoisotopic (exact) mass is 428 g/mol. The number of ether oxygens (including phenoxy) is 1. The van der Waals surface area contributed by atoms with Gasteiger partial charge in [0.25, 0.3) is 0 Å². The fourth-order valence-electron chi connectivity index (χ4n) is 5.16. The Balaban J connectivity index is 1.27. The average Bonchev–Trinajstić information content (AvgIpc) is 3.45. The molecule has 0 spiro atoms. The first-order chi connectivity index (χ1) is 15.3. The highest BCUT2D eigenvalue weighted by atomic mass is 16.5. The van der Waals surface area contributed by atoms with Gasteiger partial charge in [-0.25, -0.2) is 4.98 Å². The molecule has 0 fully saturated rings. The first kappa shape index (κ1) is 20.8. The van der Waals surface area contributed by atoms with Crippen LogP contribution in [0.2, 0.25) is 0 Å². The summed E-state index contributed by atoms with van der Waals surface area (Å²) in [7, 11) is 0. The molecule has 5 rings (SSSR count). The highest BCUT2D eigenvalue weighted by molar-refractivity contribution is 5.68. The minimum absolute atomic E-state index is 0.212. The number of hydrogen-bond donors (Lipinski definition) is 1. The first-order valence-electron chi connectivity index (χ1n) is 11.4. The quantitative estimate of drug-likeness (QED) is 0.603. The largest absolute Gasteiger partial charge is 0.485 e. The van der Waals surface area contributed by atoms with E-state index in [0.717, 1.165) is 55.2 Å². The van der Waals surface area contributed by atoms with E-state index in [2.05, 4.69) is 67.9 Å². The maximum atomic E-state index is 6.58. The van der Waals surface area contributed by atoms with Gasteiger partial charge in [0.2, 0.25) is 0 Å². The Bertz CT molecular complexity index is 1140. The van der Waals surface area contributed by atoms with Crippen molar-refractivity contribution in [1.29, 1.82) is 0 Å². The number of imidazole rings is 1. The third kappa shape index (κ3) is 3.61. The Labute approximate surface area is 190 Å². The molecule has 2 N–H and O–H groups in total. The molecule has 2 aliphatic heterocycles. The van der Waals surface area contributed by atoms with E-state index in [1.807, 2.05) is 17.1 Å². The Kier molecular flexibility index (Phi) is 5.09. The molecule has 1 aromatic heterocycles. The number of aromatic nitrogens is 2. The molecule has 166 valence electrons. The van der Waals surface area contributed by atoms with Crippen molar-refractivity contribution in [1.82, 2.24) is 14.5 Å². The van der Waals surface area contributed by atoms with E-state index >= 15 is 0 Å². The summed E-state index contributed by atoms with van der Waals surface area (Å²) < 4.78 is 8.61. The number of anilines is 1. The van der Waals surface area contributed by atoms with Crippen LogP contribution in [0.25, 0.3) is 11.3 Å². The summed E-state index contributed by atoms with van der Waals surface area (Å²) in [6.07, 6.45) is 9.95. The lowest BCUT2D eigenvalue weighted by atomic mass is 9.91. The van der Waals surface area contributed by atoms with Gasteiger partial charge in [-0.3, -0.25) is 4.90 Å². The summed E-state index contributed by atoms with van der Waals surface area (Å²) >= 11 is 0. The maximum absolute atomic E-state index is 6.58. The Morgan fingerprint density at radius 3 is 2.53 bits per heavy atom. The van der Waals surface area contributed by atoms with E-state index in [0.29, 0.717) is 0 Å². The van der Waals surface area contributed by atoms with E-state index < -0.39 is 0 Å². The summed E-state index contributed by atoms with van der Waals surface area (Å²) in [6.45, 7) is 11.5. The SMILES string of the molecule is Cc1c(C)c2c(c(C)c1N)CC(C)(CN1CC=C(c3ccc(-n4ccnc4)cc3)CC1)O2. The molecule has 0 radical (unpaired) electrons. The molecule has 1 unspecified atom stereocenters. The third-order valence-electron chi connectivity index (χ3n) is 7.23. The molecule has 0 saturated carbocycles. The molecule has 0 amide bonds. The fourth-order valence-corrected chi connectivity index (χ4v) is 5.16. The second kappa shape index (κ2) is 7.82. The van der Waals surface area contributed by atoms with Crippen LogP contribution in [-0.4, -0.2) is 39.7 Å². The fraction of sp³-hybridized carbons (Fsp3) is 0.370. The zero-order valence-corrected chi connectivity index (χ0v) is 19.5. The van der Waals surface area contributed by atoms with Gasteiger partial charge in [0.1, 0.15) is 11.4 Å². The topological polar surface area (TPSA) is 56.3 Å². The van der Waals surface area contributed by atoms with Crippen molar-refractivity contribution < 1.29 is 4.74 Å². The van der Waals surface area contributed by atoms with Crippen molar-refractivity contribution in [2.45, 2.75) is 46.1 Å². The van der Waals surface area contributed by atoms with Crippen LogP contribution >= 0.6 is 0 Å². The van der Waals surface area contributed by atoms with Crippen LogP contribution in [0.4, 0.5) is 5.69 Å². The predicted molar refractivity (Wildman–Crippen MR) is 130 cm³/mol. The molecule has 0 aliphatic carbocycles. The zero-order valence-electron chi connectivity index (χ0n) is 19.5. The van der Waals surface area contributed by atoms with Gasteiger partial charge in [-0.05, 0) is 74.1 Å². The van der Waals surface area contributed by atoms with Gasteiger partial charge in [-0.2, -0.15) is 0 Å². The van der Waals surface area contributed by atoms with E-state index in [1.54, 1.807) is 6.20 Å². The smallest absolute Gasteiger partial charge is 0.127 e. The normalized spacial score (nSPS) is 20.7. The molecular formula is C27H32N4O. The lowest BCUT2D eigenvalue weighted by Gasteiger charge is -2.34. The minimum atomic E-state index is -0.212. The van der Waals surface area contributed by atoms with Crippen molar-refractivity contribution in [2.24, 2.45) is 0 Å². The lowest BCUT2D eigenvalue weighted by Crippen LogP contribution is -2.45. The summed E-state index contributed by atoms with van der Waals surface area (Å²) in [6, 6.07) is 8.75. The van der Waals surface area contributed by atoms with Crippen molar-refractivity contribution in [2.75, 3.05) is 25.4 Å². The summed E-state index contributed by atoms with van der Waals surface area (Å²) in [4.78, 5) is 6.64. The van der Waals surface area contributed by atoms with Crippen LogP contribution < -0.4 is 10.5 Å². The molecular weight excluding hydrogens is 396 g/mol. The van der Waals surface area contributed by atoms with Crippen LogP contribution in [0.3, 0.4) is 0 Å². The zero-order chi connectivity index (χ0) is 22.5. The molecule has 5 heteroatoms. The molecule has 1 atom stereocenters. The van der Waals surface area contributed by atoms with E-state index in [1.165, 1.54) is 27.8 Å². The molecule has 2 aliphatic rings. The summed E-state index contributed by atoms with van der Waals surface area (Å²) in [5.41, 5.74) is 15.7. The lowest BCUT2D eigenvalue weighted by molar-refractivity contribution is 0.0670.